The molecule has 0 spiro atoms. The number of benzene rings is 1. The van der Waals surface area contributed by atoms with Crippen LogP contribution in [0.25, 0.3) is 0 Å². The van der Waals surface area contributed by atoms with E-state index in [4.69, 9.17) is 4.74 Å². The summed E-state index contributed by atoms with van der Waals surface area (Å²) in [6.45, 7) is 0.446. The summed E-state index contributed by atoms with van der Waals surface area (Å²) in [5.41, 5.74) is 1.36. The smallest absolute Gasteiger partial charge is 0.438 e. The van der Waals surface area contributed by atoms with E-state index in [0.717, 1.165) is 25.7 Å². The van der Waals surface area contributed by atoms with Crippen molar-refractivity contribution in [2.45, 2.75) is 25.7 Å². The van der Waals surface area contributed by atoms with Crippen LogP contribution in [0.5, 0.6) is 0 Å². The maximum absolute atomic E-state index is 10.6. The number of unbranched alkanes of at least 4 members (excludes halogenated alkanes) is 2. The van der Waals surface area contributed by atoms with Crippen LogP contribution < -0.4 is 0 Å². The molecule has 1 aromatic rings. The molecule has 3 heteroatoms. The number of methoxy groups -OCH3 is 1. The molecule has 16 heavy (non-hydrogen) atoms. The highest BCUT2D eigenvalue weighted by molar-refractivity contribution is 5.59. The third-order valence-corrected chi connectivity index (χ3v) is 2.34. The van der Waals surface area contributed by atoms with Gasteiger partial charge in [-0.05, 0) is 31.2 Å². The normalized spacial score (nSPS) is 9.81. The van der Waals surface area contributed by atoms with Crippen LogP contribution in [0.15, 0.2) is 30.3 Å². The van der Waals surface area contributed by atoms with Crippen molar-refractivity contribution in [1.82, 2.24) is 0 Å². The van der Waals surface area contributed by atoms with Crippen molar-refractivity contribution in [3.8, 4) is 0 Å². The molecule has 0 radical (unpaired) electrons. The summed E-state index contributed by atoms with van der Waals surface area (Å²) in [6, 6.07) is 10.4. The highest BCUT2D eigenvalue weighted by atomic mass is 16.7. The van der Waals surface area contributed by atoms with E-state index in [1.807, 2.05) is 6.07 Å². The summed E-state index contributed by atoms with van der Waals surface area (Å²) in [6.07, 6.45) is 3.56. The van der Waals surface area contributed by atoms with Gasteiger partial charge in [-0.25, -0.2) is 4.79 Å². The summed E-state index contributed by atoms with van der Waals surface area (Å²) in [5, 5.41) is 0. The molecule has 0 heterocycles. The number of carbonyl (C=O) groups is 1. The van der Waals surface area contributed by atoms with Crippen molar-refractivity contribution in [3.05, 3.63) is 35.9 Å². The van der Waals surface area contributed by atoms with Gasteiger partial charge in [-0.15, -0.1) is 0 Å². The molecular formula is C13H18O3. The third-order valence-electron chi connectivity index (χ3n) is 2.34. The molecule has 0 atom stereocenters. The lowest BCUT2D eigenvalue weighted by molar-refractivity contribution is 0.0713. The highest BCUT2D eigenvalue weighted by Crippen LogP contribution is 2.06. The predicted molar refractivity (Wildman–Crippen MR) is 62.4 cm³/mol. The van der Waals surface area contributed by atoms with Gasteiger partial charge in [-0.3, -0.25) is 0 Å². The van der Waals surface area contributed by atoms with Crippen LogP contribution >= 0.6 is 0 Å². The van der Waals surface area contributed by atoms with Crippen LogP contribution in [0.3, 0.4) is 0 Å². The quantitative estimate of drug-likeness (QED) is 0.547. The molecule has 0 aliphatic carbocycles. The monoisotopic (exact) mass is 222 g/mol. The Hall–Kier alpha value is -1.51. The second-order valence-corrected chi connectivity index (χ2v) is 3.60. The molecule has 1 aromatic carbocycles. The fraction of sp³-hybridized carbons (Fsp3) is 0.462. The minimum Gasteiger partial charge on any atom is -0.438 e. The SMILES string of the molecule is COC(=O)OCCCCCc1ccccc1. The lowest BCUT2D eigenvalue weighted by Gasteiger charge is -2.03. The van der Waals surface area contributed by atoms with Crippen molar-refractivity contribution in [3.63, 3.8) is 0 Å². The summed E-state index contributed by atoms with van der Waals surface area (Å²) < 4.78 is 9.15. The molecule has 0 aliphatic heterocycles. The van der Waals surface area contributed by atoms with Crippen molar-refractivity contribution in [2.75, 3.05) is 13.7 Å². The molecule has 0 fully saturated rings. The topological polar surface area (TPSA) is 35.5 Å². The van der Waals surface area contributed by atoms with Gasteiger partial charge in [-0.1, -0.05) is 30.3 Å². The highest BCUT2D eigenvalue weighted by Gasteiger charge is 1.99. The molecule has 0 saturated heterocycles. The van der Waals surface area contributed by atoms with Crippen LogP contribution in [-0.4, -0.2) is 19.9 Å². The summed E-state index contributed by atoms with van der Waals surface area (Å²) in [4.78, 5) is 10.6. The average Bonchev–Trinajstić information content (AvgIpc) is 2.34. The van der Waals surface area contributed by atoms with Gasteiger partial charge in [0.25, 0.3) is 0 Å². The number of rotatable bonds is 6. The summed E-state index contributed by atoms with van der Waals surface area (Å²) >= 11 is 0. The zero-order valence-electron chi connectivity index (χ0n) is 9.65. The second kappa shape index (κ2) is 7.74. The molecule has 0 unspecified atom stereocenters. The van der Waals surface area contributed by atoms with Gasteiger partial charge >= 0.3 is 6.16 Å². The standard InChI is InChI=1S/C13H18O3/c1-15-13(14)16-11-7-3-6-10-12-8-4-2-5-9-12/h2,4-5,8-9H,3,6-7,10-11H2,1H3. The van der Waals surface area contributed by atoms with Gasteiger partial charge in [0.05, 0.1) is 13.7 Å². The Balaban J connectivity index is 1.98. The van der Waals surface area contributed by atoms with Crippen molar-refractivity contribution in [2.24, 2.45) is 0 Å². The molecule has 0 saturated carbocycles. The van der Waals surface area contributed by atoms with Gasteiger partial charge in [0.1, 0.15) is 0 Å². The Labute approximate surface area is 96.4 Å². The van der Waals surface area contributed by atoms with Gasteiger partial charge in [0, 0.05) is 0 Å². The molecule has 3 nitrogen and oxygen atoms in total. The largest absolute Gasteiger partial charge is 0.507 e. The zero-order valence-corrected chi connectivity index (χ0v) is 9.65. The third kappa shape index (κ3) is 5.39. The maximum Gasteiger partial charge on any atom is 0.507 e. The van der Waals surface area contributed by atoms with Crippen LogP contribution in [0.2, 0.25) is 0 Å². The molecule has 0 amide bonds. The second-order valence-electron chi connectivity index (χ2n) is 3.60. The minimum absolute atomic E-state index is 0.446. The van der Waals surface area contributed by atoms with Crippen LogP contribution in [0.4, 0.5) is 4.79 Å². The van der Waals surface area contributed by atoms with E-state index in [9.17, 15) is 4.79 Å². The van der Waals surface area contributed by atoms with Crippen LogP contribution in [0.1, 0.15) is 24.8 Å². The van der Waals surface area contributed by atoms with Gasteiger partial charge in [-0.2, -0.15) is 0 Å². The van der Waals surface area contributed by atoms with Crippen LogP contribution in [-0.2, 0) is 15.9 Å². The predicted octanol–water partition coefficient (Wildman–Crippen LogP) is 3.18. The van der Waals surface area contributed by atoms with E-state index in [1.165, 1.54) is 12.7 Å². The van der Waals surface area contributed by atoms with E-state index in [2.05, 4.69) is 29.0 Å². The van der Waals surface area contributed by atoms with E-state index in [-0.39, 0.29) is 0 Å². The maximum atomic E-state index is 10.6. The fourth-order valence-electron chi connectivity index (χ4n) is 1.47. The lowest BCUT2D eigenvalue weighted by atomic mass is 10.1. The molecule has 0 aromatic heterocycles. The summed E-state index contributed by atoms with van der Waals surface area (Å²) in [7, 11) is 1.32. The van der Waals surface area contributed by atoms with Gasteiger partial charge in [0.2, 0.25) is 0 Å². The number of aryl methyl sites for hydroxylation is 1. The van der Waals surface area contributed by atoms with Gasteiger partial charge in [0.15, 0.2) is 0 Å². The zero-order chi connectivity index (χ0) is 11.6. The number of ether oxygens (including phenoxy) is 2. The number of hydrogen-bond acceptors (Lipinski definition) is 3. The van der Waals surface area contributed by atoms with E-state index in [0.29, 0.717) is 6.61 Å². The first-order valence-electron chi connectivity index (χ1n) is 5.57. The number of hydrogen-bond donors (Lipinski definition) is 0. The molecular weight excluding hydrogens is 204 g/mol. The van der Waals surface area contributed by atoms with Crippen molar-refractivity contribution in [1.29, 1.82) is 0 Å². The van der Waals surface area contributed by atoms with Crippen molar-refractivity contribution >= 4 is 6.16 Å². The Bertz CT molecular complexity index is 295. The average molecular weight is 222 g/mol. The van der Waals surface area contributed by atoms with Crippen molar-refractivity contribution < 1.29 is 14.3 Å². The van der Waals surface area contributed by atoms with Crippen LogP contribution in [0, 0.1) is 0 Å². The Morgan fingerprint density at radius 2 is 1.88 bits per heavy atom. The molecule has 1 rings (SSSR count). The van der Waals surface area contributed by atoms with E-state index in [1.54, 1.807) is 0 Å². The van der Waals surface area contributed by atoms with Gasteiger partial charge < -0.3 is 9.47 Å². The minimum atomic E-state index is -0.594. The Morgan fingerprint density at radius 1 is 1.12 bits per heavy atom. The first-order valence-corrected chi connectivity index (χ1v) is 5.57. The fourth-order valence-corrected chi connectivity index (χ4v) is 1.47. The molecule has 0 N–H and O–H groups in total. The van der Waals surface area contributed by atoms with E-state index < -0.39 is 6.16 Å². The first-order chi connectivity index (χ1) is 7.83. The Kier molecular flexibility index (Phi) is 6.07. The first kappa shape index (κ1) is 12.6. The van der Waals surface area contributed by atoms with E-state index >= 15 is 0 Å². The lowest BCUT2D eigenvalue weighted by Crippen LogP contribution is -2.05. The molecule has 0 aliphatic rings. The summed E-state index contributed by atoms with van der Waals surface area (Å²) in [5.74, 6) is 0. The molecule has 88 valence electrons. The Morgan fingerprint density at radius 3 is 2.56 bits per heavy atom. The number of carbonyl (C=O) groups excluding carboxylic acids is 1. The molecule has 0 bridgehead atoms.